The van der Waals surface area contributed by atoms with Crippen LogP contribution in [0.25, 0.3) is 0 Å². The zero-order valence-electron chi connectivity index (χ0n) is 10.4. The average molecular weight is 301 g/mol. The monoisotopic (exact) mass is 301 g/mol. The quantitative estimate of drug-likeness (QED) is 0.783. The third kappa shape index (κ3) is 3.84. The SMILES string of the molecule is Cc1nc(CNC(=O)NC2CCSC2)sc1C(=O)O. The Labute approximate surface area is 119 Å². The van der Waals surface area contributed by atoms with Crippen molar-refractivity contribution < 1.29 is 14.7 Å². The van der Waals surface area contributed by atoms with Gasteiger partial charge in [0.05, 0.1) is 12.2 Å². The van der Waals surface area contributed by atoms with Crippen LogP contribution in [0.5, 0.6) is 0 Å². The van der Waals surface area contributed by atoms with Gasteiger partial charge in [0.15, 0.2) is 0 Å². The second-order valence-corrected chi connectivity index (χ2v) is 6.45. The summed E-state index contributed by atoms with van der Waals surface area (Å²) in [5.74, 6) is 1.06. The first-order valence-electron chi connectivity index (χ1n) is 5.88. The van der Waals surface area contributed by atoms with Gasteiger partial charge in [0.1, 0.15) is 9.88 Å². The Morgan fingerprint density at radius 3 is 2.89 bits per heavy atom. The van der Waals surface area contributed by atoms with Gasteiger partial charge in [-0.15, -0.1) is 11.3 Å². The Balaban J connectivity index is 1.82. The predicted octanol–water partition coefficient (Wildman–Crippen LogP) is 1.45. The Hall–Kier alpha value is -1.28. The van der Waals surface area contributed by atoms with Crippen LogP contribution in [0.15, 0.2) is 0 Å². The van der Waals surface area contributed by atoms with Crippen molar-refractivity contribution >= 4 is 35.1 Å². The van der Waals surface area contributed by atoms with E-state index in [0.29, 0.717) is 10.7 Å². The Bertz CT molecular complexity index is 484. The number of aromatic nitrogens is 1. The van der Waals surface area contributed by atoms with Crippen LogP contribution in [0.3, 0.4) is 0 Å². The second-order valence-electron chi connectivity index (χ2n) is 4.21. The number of aryl methyl sites for hydroxylation is 1. The molecule has 2 heterocycles. The predicted molar refractivity (Wildman–Crippen MR) is 74.9 cm³/mol. The molecule has 2 rings (SSSR count). The summed E-state index contributed by atoms with van der Waals surface area (Å²) in [4.78, 5) is 26.9. The maximum atomic E-state index is 11.6. The van der Waals surface area contributed by atoms with E-state index in [1.54, 1.807) is 6.92 Å². The smallest absolute Gasteiger partial charge is 0.347 e. The lowest BCUT2D eigenvalue weighted by molar-refractivity contribution is 0.0701. The maximum Gasteiger partial charge on any atom is 0.347 e. The number of carboxylic acid groups (broad SMARTS) is 1. The molecule has 2 amide bonds. The zero-order chi connectivity index (χ0) is 13.8. The molecule has 1 saturated heterocycles. The molecular weight excluding hydrogens is 286 g/mol. The molecule has 1 aliphatic heterocycles. The lowest BCUT2D eigenvalue weighted by Crippen LogP contribution is -2.41. The Kier molecular flexibility index (Phi) is 4.65. The number of thioether (sulfide) groups is 1. The first-order chi connectivity index (χ1) is 9.06. The third-order valence-electron chi connectivity index (χ3n) is 2.70. The van der Waals surface area contributed by atoms with Crippen LogP contribution < -0.4 is 10.6 Å². The number of thiazole rings is 1. The number of hydrogen-bond donors (Lipinski definition) is 3. The van der Waals surface area contributed by atoms with Gasteiger partial charge in [0.25, 0.3) is 0 Å². The van der Waals surface area contributed by atoms with E-state index in [9.17, 15) is 9.59 Å². The fourth-order valence-corrected chi connectivity index (χ4v) is 3.76. The molecule has 0 aromatic carbocycles. The molecule has 6 nitrogen and oxygen atoms in total. The highest BCUT2D eigenvalue weighted by Crippen LogP contribution is 2.18. The molecule has 1 aliphatic rings. The van der Waals surface area contributed by atoms with E-state index < -0.39 is 5.97 Å². The van der Waals surface area contributed by atoms with Gasteiger partial charge in [-0.05, 0) is 19.1 Å². The minimum Gasteiger partial charge on any atom is -0.477 e. The van der Waals surface area contributed by atoms with E-state index in [2.05, 4.69) is 15.6 Å². The summed E-state index contributed by atoms with van der Waals surface area (Å²) in [5.41, 5.74) is 0.488. The molecule has 1 fully saturated rings. The van der Waals surface area contributed by atoms with Gasteiger partial charge in [0.2, 0.25) is 0 Å². The average Bonchev–Trinajstić information content (AvgIpc) is 2.96. The van der Waals surface area contributed by atoms with Crippen molar-refractivity contribution in [1.82, 2.24) is 15.6 Å². The van der Waals surface area contributed by atoms with Gasteiger partial charge in [-0.1, -0.05) is 0 Å². The van der Waals surface area contributed by atoms with Crippen molar-refractivity contribution in [1.29, 1.82) is 0 Å². The van der Waals surface area contributed by atoms with Crippen LogP contribution in [0.1, 0.15) is 26.8 Å². The van der Waals surface area contributed by atoms with E-state index in [-0.39, 0.29) is 23.5 Å². The van der Waals surface area contributed by atoms with Gasteiger partial charge in [-0.3, -0.25) is 0 Å². The molecule has 1 aromatic rings. The van der Waals surface area contributed by atoms with Gasteiger partial charge in [-0.2, -0.15) is 11.8 Å². The van der Waals surface area contributed by atoms with Crippen molar-refractivity contribution in [2.24, 2.45) is 0 Å². The highest BCUT2D eigenvalue weighted by Gasteiger charge is 2.18. The molecule has 1 aromatic heterocycles. The molecule has 19 heavy (non-hydrogen) atoms. The summed E-state index contributed by atoms with van der Waals surface area (Å²) in [6, 6.07) is 0.00911. The fraction of sp³-hybridized carbons (Fsp3) is 0.545. The number of hydrogen-bond acceptors (Lipinski definition) is 5. The number of carboxylic acids is 1. The van der Waals surface area contributed by atoms with Crippen LogP contribution in [0.4, 0.5) is 4.79 Å². The number of carbonyl (C=O) groups is 2. The van der Waals surface area contributed by atoms with Crippen molar-refractivity contribution in [3.63, 3.8) is 0 Å². The molecule has 0 saturated carbocycles. The van der Waals surface area contributed by atoms with E-state index >= 15 is 0 Å². The molecule has 3 N–H and O–H groups in total. The molecule has 0 bridgehead atoms. The van der Waals surface area contributed by atoms with Gasteiger partial charge >= 0.3 is 12.0 Å². The highest BCUT2D eigenvalue weighted by atomic mass is 32.2. The van der Waals surface area contributed by atoms with Crippen LogP contribution >= 0.6 is 23.1 Å². The van der Waals surface area contributed by atoms with Crippen LogP contribution in [-0.4, -0.2) is 39.6 Å². The molecule has 104 valence electrons. The summed E-state index contributed by atoms with van der Waals surface area (Å²) in [6.45, 7) is 1.91. The number of rotatable bonds is 4. The lowest BCUT2D eigenvalue weighted by atomic mass is 10.3. The lowest BCUT2D eigenvalue weighted by Gasteiger charge is -2.11. The normalized spacial score (nSPS) is 18.3. The first-order valence-corrected chi connectivity index (χ1v) is 7.85. The van der Waals surface area contributed by atoms with Crippen LogP contribution in [-0.2, 0) is 6.54 Å². The summed E-state index contributed by atoms with van der Waals surface area (Å²) >= 11 is 2.92. The molecule has 0 spiro atoms. The Morgan fingerprint density at radius 1 is 1.53 bits per heavy atom. The van der Waals surface area contributed by atoms with Gasteiger partial charge < -0.3 is 15.7 Å². The van der Waals surface area contributed by atoms with Crippen molar-refractivity contribution in [2.75, 3.05) is 11.5 Å². The standard InChI is InChI=1S/C11H15N3O3S2/c1-6-9(10(15)16)19-8(13-6)4-12-11(17)14-7-2-3-18-5-7/h7H,2-5H2,1H3,(H,15,16)(H2,12,14,17). The Morgan fingerprint density at radius 2 is 2.32 bits per heavy atom. The second kappa shape index (κ2) is 6.25. The number of amides is 2. The maximum absolute atomic E-state index is 11.6. The zero-order valence-corrected chi connectivity index (χ0v) is 12.1. The summed E-state index contributed by atoms with van der Waals surface area (Å²) in [5, 5.41) is 15.1. The van der Waals surface area contributed by atoms with E-state index in [1.807, 2.05) is 11.8 Å². The molecular formula is C11H15N3O3S2. The summed E-state index contributed by atoms with van der Waals surface area (Å²) in [6.07, 6.45) is 0.998. The fourth-order valence-electron chi connectivity index (χ4n) is 1.77. The third-order valence-corrected chi connectivity index (χ3v) is 5.01. The number of urea groups is 1. The van der Waals surface area contributed by atoms with Crippen molar-refractivity contribution in [3.8, 4) is 0 Å². The minimum absolute atomic E-state index is 0.225. The van der Waals surface area contributed by atoms with Crippen molar-refractivity contribution in [2.45, 2.75) is 25.9 Å². The van der Waals surface area contributed by atoms with E-state index in [1.165, 1.54) is 0 Å². The van der Waals surface area contributed by atoms with Gasteiger partial charge in [0, 0.05) is 11.8 Å². The minimum atomic E-state index is -0.978. The number of nitrogens with zero attached hydrogens (tertiary/aromatic N) is 1. The van der Waals surface area contributed by atoms with Crippen molar-refractivity contribution in [3.05, 3.63) is 15.6 Å². The summed E-state index contributed by atoms with van der Waals surface area (Å²) in [7, 11) is 0. The number of carbonyl (C=O) groups excluding carboxylic acids is 1. The first kappa shape index (κ1) is 14.1. The largest absolute Gasteiger partial charge is 0.477 e. The van der Waals surface area contributed by atoms with E-state index in [4.69, 9.17) is 5.11 Å². The van der Waals surface area contributed by atoms with Crippen LogP contribution in [0.2, 0.25) is 0 Å². The number of aromatic carboxylic acids is 1. The summed E-state index contributed by atoms with van der Waals surface area (Å²) < 4.78 is 0. The van der Waals surface area contributed by atoms with Crippen LogP contribution in [0, 0.1) is 6.92 Å². The molecule has 0 aliphatic carbocycles. The van der Waals surface area contributed by atoms with Gasteiger partial charge in [-0.25, -0.2) is 14.6 Å². The number of nitrogens with one attached hydrogen (secondary N) is 2. The molecule has 8 heteroatoms. The molecule has 1 unspecified atom stereocenters. The topological polar surface area (TPSA) is 91.3 Å². The molecule has 1 atom stereocenters. The molecule has 0 radical (unpaired) electrons. The van der Waals surface area contributed by atoms with E-state index in [0.717, 1.165) is 29.3 Å². The highest BCUT2D eigenvalue weighted by molar-refractivity contribution is 7.99.